The summed E-state index contributed by atoms with van der Waals surface area (Å²) in [5, 5.41) is 5.20. The zero-order valence-electron chi connectivity index (χ0n) is 16.0. The maximum absolute atomic E-state index is 12.8. The third-order valence-electron chi connectivity index (χ3n) is 4.50. The number of hydrogen-bond donors (Lipinski definition) is 1. The lowest BCUT2D eigenvalue weighted by Gasteiger charge is -2.01. The normalized spacial score (nSPS) is 11.0. The summed E-state index contributed by atoms with van der Waals surface area (Å²) >= 11 is 25.5. The van der Waals surface area contributed by atoms with Gasteiger partial charge in [0.05, 0.1) is 25.7 Å². The number of nitrogens with zero attached hydrogens (tertiary/aromatic N) is 1. The summed E-state index contributed by atoms with van der Waals surface area (Å²) in [6.45, 7) is 1.73. The highest BCUT2D eigenvalue weighted by molar-refractivity contribution is 7.15. The molecule has 2 aromatic heterocycles. The Kier molecular flexibility index (Phi) is 6.60. The molecule has 31 heavy (non-hydrogen) atoms. The lowest BCUT2D eigenvalue weighted by molar-refractivity contribution is 0.102. The molecule has 0 spiro atoms. The quantitative estimate of drug-likeness (QED) is 0.294. The first-order chi connectivity index (χ1) is 14.8. The minimum Gasteiger partial charge on any atom is -0.461 e. The monoisotopic (exact) mass is 510 g/mol. The average molecular weight is 512 g/mol. The van der Waals surface area contributed by atoms with Crippen molar-refractivity contribution >= 4 is 68.8 Å². The van der Waals surface area contributed by atoms with Crippen LogP contribution in [0.5, 0.6) is 0 Å². The summed E-state index contributed by atoms with van der Waals surface area (Å²) in [4.78, 5) is 18.0. The van der Waals surface area contributed by atoms with Gasteiger partial charge >= 0.3 is 0 Å². The molecule has 9 heteroatoms. The maximum atomic E-state index is 12.8. The Morgan fingerprint density at radius 1 is 1.00 bits per heavy atom. The van der Waals surface area contributed by atoms with Crippen LogP contribution < -0.4 is 5.32 Å². The lowest BCUT2D eigenvalue weighted by atomic mass is 10.1. The molecule has 0 aliphatic carbocycles. The molecule has 1 N–H and O–H groups in total. The van der Waals surface area contributed by atoms with Crippen LogP contribution in [0.15, 0.2) is 53.1 Å². The van der Waals surface area contributed by atoms with Gasteiger partial charge in [-0.25, -0.2) is 4.98 Å². The minimum atomic E-state index is -0.303. The number of carbonyl (C=O) groups excluding carboxylic acids is 1. The summed E-state index contributed by atoms with van der Waals surface area (Å²) in [5.41, 5.74) is 2.16. The van der Waals surface area contributed by atoms with Gasteiger partial charge in [0.1, 0.15) is 11.5 Å². The van der Waals surface area contributed by atoms with Crippen molar-refractivity contribution in [1.82, 2.24) is 4.98 Å². The van der Waals surface area contributed by atoms with Crippen LogP contribution in [0, 0.1) is 6.92 Å². The standard InChI is InChI=1S/C22H14Cl4N2O2S/c1-11-15(9-20(30-11)13-3-5-17(24)19(26)8-13)21(29)28-22-27-10-14(31-22)6-12-2-4-16(23)18(25)7-12/h2-5,7-10H,6H2,1H3,(H,27,28,29). The molecule has 4 aromatic rings. The zero-order chi connectivity index (χ0) is 22.1. The summed E-state index contributed by atoms with van der Waals surface area (Å²) in [6.07, 6.45) is 2.36. The molecule has 158 valence electrons. The van der Waals surface area contributed by atoms with E-state index in [9.17, 15) is 4.79 Å². The van der Waals surface area contributed by atoms with Crippen LogP contribution in [0.2, 0.25) is 20.1 Å². The Hall–Kier alpha value is -2.02. The van der Waals surface area contributed by atoms with Crippen LogP contribution in [0.4, 0.5) is 5.13 Å². The number of nitrogens with one attached hydrogen (secondary N) is 1. The number of hydrogen-bond acceptors (Lipinski definition) is 4. The number of amides is 1. The maximum Gasteiger partial charge on any atom is 0.261 e. The van der Waals surface area contributed by atoms with Crippen LogP contribution >= 0.6 is 57.7 Å². The second-order valence-electron chi connectivity index (χ2n) is 6.72. The number of thiazole rings is 1. The Bertz CT molecular complexity index is 1280. The highest BCUT2D eigenvalue weighted by atomic mass is 35.5. The second kappa shape index (κ2) is 9.23. The van der Waals surface area contributed by atoms with Crippen molar-refractivity contribution < 1.29 is 9.21 Å². The average Bonchev–Trinajstić information content (AvgIpc) is 3.33. The summed E-state index contributed by atoms with van der Waals surface area (Å²) in [6, 6.07) is 12.3. The van der Waals surface area contributed by atoms with Gasteiger partial charge in [-0.3, -0.25) is 10.1 Å². The van der Waals surface area contributed by atoms with Gasteiger partial charge in [0, 0.05) is 23.1 Å². The predicted molar refractivity (Wildman–Crippen MR) is 128 cm³/mol. The topological polar surface area (TPSA) is 55.1 Å². The van der Waals surface area contributed by atoms with E-state index in [2.05, 4.69) is 10.3 Å². The SMILES string of the molecule is Cc1oc(-c2ccc(Cl)c(Cl)c2)cc1C(=O)Nc1ncc(Cc2ccc(Cl)c(Cl)c2)s1. The first kappa shape index (κ1) is 22.2. The van der Waals surface area contributed by atoms with E-state index in [0.29, 0.717) is 48.7 Å². The van der Waals surface area contributed by atoms with E-state index in [0.717, 1.165) is 16.0 Å². The number of carbonyl (C=O) groups is 1. The Balaban J connectivity index is 1.48. The fourth-order valence-electron chi connectivity index (χ4n) is 2.96. The van der Waals surface area contributed by atoms with Gasteiger partial charge in [-0.05, 0) is 48.9 Å². The number of aromatic nitrogens is 1. The number of furan rings is 1. The molecule has 4 nitrogen and oxygen atoms in total. The van der Waals surface area contributed by atoms with Gasteiger partial charge in [-0.15, -0.1) is 11.3 Å². The van der Waals surface area contributed by atoms with E-state index >= 15 is 0 Å². The van der Waals surface area contributed by atoms with E-state index in [4.69, 9.17) is 50.8 Å². The molecule has 0 atom stereocenters. The zero-order valence-corrected chi connectivity index (χ0v) is 19.8. The molecule has 4 rings (SSSR count). The molecule has 0 saturated carbocycles. The third kappa shape index (κ3) is 5.08. The van der Waals surface area contributed by atoms with Crippen molar-refractivity contribution in [3.05, 3.63) is 90.5 Å². The van der Waals surface area contributed by atoms with Gasteiger partial charge in [-0.2, -0.15) is 0 Å². The number of aryl methyl sites for hydroxylation is 1. The Morgan fingerprint density at radius 3 is 2.42 bits per heavy atom. The predicted octanol–water partition coefficient (Wildman–Crippen LogP) is 8.17. The molecule has 0 radical (unpaired) electrons. The highest BCUT2D eigenvalue weighted by Gasteiger charge is 2.18. The number of benzene rings is 2. The number of anilines is 1. The molecule has 0 aliphatic rings. The smallest absolute Gasteiger partial charge is 0.261 e. The summed E-state index contributed by atoms with van der Waals surface area (Å²) in [5.74, 6) is 0.717. The van der Waals surface area contributed by atoms with Gasteiger partial charge < -0.3 is 4.42 Å². The largest absolute Gasteiger partial charge is 0.461 e. The van der Waals surface area contributed by atoms with Crippen molar-refractivity contribution in [3.8, 4) is 11.3 Å². The first-order valence-electron chi connectivity index (χ1n) is 9.06. The van der Waals surface area contributed by atoms with Crippen LogP contribution in [-0.4, -0.2) is 10.9 Å². The van der Waals surface area contributed by atoms with Crippen molar-refractivity contribution in [2.24, 2.45) is 0 Å². The van der Waals surface area contributed by atoms with Gasteiger partial charge in [0.25, 0.3) is 5.91 Å². The molecule has 2 aromatic carbocycles. The van der Waals surface area contributed by atoms with Gasteiger partial charge in [0.2, 0.25) is 0 Å². The third-order valence-corrected chi connectivity index (χ3v) is 6.89. The fourth-order valence-corrected chi connectivity index (χ4v) is 4.42. The van der Waals surface area contributed by atoms with E-state index in [1.54, 1.807) is 43.5 Å². The highest BCUT2D eigenvalue weighted by Crippen LogP contribution is 2.32. The molecular formula is C22H14Cl4N2O2S. The minimum absolute atomic E-state index is 0.303. The van der Waals surface area contributed by atoms with Crippen LogP contribution in [0.1, 0.15) is 26.6 Å². The molecule has 2 heterocycles. The molecule has 0 unspecified atom stereocenters. The van der Waals surface area contributed by atoms with Crippen molar-refractivity contribution in [2.75, 3.05) is 5.32 Å². The Morgan fingerprint density at radius 2 is 1.71 bits per heavy atom. The van der Waals surface area contributed by atoms with E-state index in [1.807, 2.05) is 12.1 Å². The molecule has 1 amide bonds. The van der Waals surface area contributed by atoms with Gasteiger partial charge in [-0.1, -0.05) is 52.5 Å². The second-order valence-corrected chi connectivity index (χ2v) is 9.46. The number of rotatable bonds is 5. The van der Waals surface area contributed by atoms with Gasteiger partial charge in [0.15, 0.2) is 5.13 Å². The summed E-state index contributed by atoms with van der Waals surface area (Å²) in [7, 11) is 0. The molecule has 0 aliphatic heterocycles. The van der Waals surface area contributed by atoms with Crippen LogP contribution in [0.3, 0.4) is 0 Å². The lowest BCUT2D eigenvalue weighted by Crippen LogP contribution is -2.11. The van der Waals surface area contributed by atoms with E-state index in [-0.39, 0.29) is 5.91 Å². The van der Waals surface area contributed by atoms with Crippen LogP contribution in [0.25, 0.3) is 11.3 Å². The molecule has 0 fully saturated rings. The first-order valence-corrected chi connectivity index (χ1v) is 11.4. The summed E-state index contributed by atoms with van der Waals surface area (Å²) < 4.78 is 5.76. The fraction of sp³-hybridized carbons (Fsp3) is 0.0909. The van der Waals surface area contributed by atoms with E-state index < -0.39 is 0 Å². The van der Waals surface area contributed by atoms with Crippen molar-refractivity contribution in [3.63, 3.8) is 0 Å². The van der Waals surface area contributed by atoms with E-state index in [1.165, 1.54) is 11.3 Å². The molecular weight excluding hydrogens is 498 g/mol. The molecule has 0 bridgehead atoms. The van der Waals surface area contributed by atoms with Crippen molar-refractivity contribution in [1.29, 1.82) is 0 Å². The number of halogens is 4. The molecule has 0 saturated heterocycles. The van der Waals surface area contributed by atoms with Crippen LogP contribution in [-0.2, 0) is 6.42 Å². The Labute approximate surface area is 202 Å². The van der Waals surface area contributed by atoms with Crippen molar-refractivity contribution in [2.45, 2.75) is 13.3 Å².